The van der Waals surface area contributed by atoms with E-state index < -0.39 is 0 Å². The highest BCUT2D eigenvalue weighted by Crippen LogP contribution is 2.21. The first-order valence-corrected chi connectivity index (χ1v) is 7.26. The highest BCUT2D eigenvalue weighted by Gasteiger charge is 2.06. The van der Waals surface area contributed by atoms with Crippen molar-refractivity contribution in [3.05, 3.63) is 53.4 Å². The van der Waals surface area contributed by atoms with Gasteiger partial charge in [0.2, 0.25) is 5.91 Å². The Morgan fingerprint density at radius 1 is 1.25 bits per heavy atom. The summed E-state index contributed by atoms with van der Waals surface area (Å²) in [5.41, 5.74) is 0.984. The lowest BCUT2D eigenvalue weighted by Crippen LogP contribution is -2.22. The first kappa shape index (κ1) is 12.9. The van der Waals surface area contributed by atoms with Gasteiger partial charge in [0.1, 0.15) is 10.8 Å². The molecule has 1 N–H and O–H groups in total. The molecule has 0 aliphatic carbocycles. The Morgan fingerprint density at radius 2 is 2.15 bits per heavy atom. The number of carbonyl (C=O) groups is 1. The SMILES string of the molecule is O=C(CCc1ccco1)NCc1nc2ccccc2s1. The second kappa shape index (κ2) is 5.88. The molecule has 4 nitrogen and oxygen atoms in total. The highest BCUT2D eigenvalue weighted by molar-refractivity contribution is 7.18. The second-order valence-electron chi connectivity index (χ2n) is 4.43. The Bertz CT molecular complexity index is 671. The van der Waals surface area contributed by atoms with E-state index in [-0.39, 0.29) is 5.91 Å². The molecule has 3 rings (SSSR count). The van der Waals surface area contributed by atoms with Crippen molar-refractivity contribution in [1.29, 1.82) is 0 Å². The van der Waals surface area contributed by atoms with Crippen LogP contribution in [0.25, 0.3) is 10.2 Å². The Labute approximate surface area is 120 Å². The number of amides is 1. The summed E-state index contributed by atoms with van der Waals surface area (Å²) in [7, 11) is 0. The number of carbonyl (C=O) groups excluding carboxylic acids is 1. The van der Waals surface area contributed by atoms with E-state index in [2.05, 4.69) is 10.3 Å². The van der Waals surface area contributed by atoms with Gasteiger partial charge in [-0.1, -0.05) is 12.1 Å². The molecule has 0 aliphatic heterocycles. The molecule has 1 aromatic carbocycles. The van der Waals surface area contributed by atoms with Crippen LogP contribution in [0.1, 0.15) is 17.2 Å². The number of hydrogen-bond donors (Lipinski definition) is 1. The molecule has 0 unspecified atom stereocenters. The molecule has 2 heterocycles. The number of benzene rings is 1. The fourth-order valence-corrected chi connectivity index (χ4v) is 2.86. The number of aryl methyl sites for hydroxylation is 1. The van der Waals surface area contributed by atoms with Gasteiger partial charge < -0.3 is 9.73 Å². The predicted octanol–water partition coefficient (Wildman–Crippen LogP) is 3.14. The van der Waals surface area contributed by atoms with E-state index >= 15 is 0 Å². The Hall–Kier alpha value is -2.14. The minimum Gasteiger partial charge on any atom is -0.469 e. The van der Waals surface area contributed by atoms with Crippen molar-refractivity contribution in [2.75, 3.05) is 0 Å². The lowest BCUT2D eigenvalue weighted by atomic mass is 10.2. The summed E-state index contributed by atoms with van der Waals surface area (Å²) in [4.78, 5) is 16.2. The van der Waals surface area contributed by atoms with E-state index in [1.807, 2.05) is 36.4 Å². The van der Waals surface area contributed by atoms with Gasteiger partial charge in [0.15, 0.2) is 0 Å². The van der Waals surface area contributed by atoms with Crippen LogP contribution in [0.15, 0.2) is 47.1 Å². The van der Waals surface area contributed by atoms with E-state index in [0.29, 0.717) is 19.4 Å². The summed E-state index contributed by atoms with van der Waals surface area (Å²) in [6, 6.07) is 11.7. The third-order valence-electron chi connectivity index (χ3n) is 2.95. The molecule has 0 aliphatic rings. The van der Waals surface area contributed by atoms with Crippen molar-refractivity contribution >= 4 is 27.5 Å². The van der Waals surface area contributed by atoms with Crippen LogP contribution in [0.2, 0.25) is 0 Å². The molecular weight excluding hydrogens is 272 g/mol. The minimum atomic E-state index is 0.0145. The lowest BCUT2D eigenvalue weighted by molar-refractivity contribution is -0.121. The number of nitrogens with one attached hydrogen (secondary N) is 1. The molecule has 0 bridgehead atoms. The smallest absolute Gasteiger partial charge is 0.220 e. The van der Waals surface area contributed by atoms with Crippen LogP contribution in [-0.2, 0) is 17.8 Å². The average Bonchev–Trinajstić information content (AvgIpc) is 3.11. The summed E-state index contributed by atoms with van der Waals surface area (Å²) in [5, 5.41) is 3.82. The molecule has 20 heavy (non-hydrogen) atoms. The molecule has 2 aromatic heterocycles. The van der Waals surface area contributed by atoms with Gasteiger partial charge in [-0.05, 0) is 24.3 Å². The van der Waals surface area contributed by atoms with Crippen molar-refractivity contribution in [2.24, 2.45) is 0 Å². The van der Waals surface area contributed by atoms with Gasteiger partial charge in [-0.3, -0.25) is 4.79 Å². The Morgan fingerprint density at radius 3 is 2.95 bits per heavy atom. The average molecular weight is 286 g/mol. The maximum Gasteiger partial charge on any atom is 0.220 e. The van der Waals surface area contributed by atoms with Gasteiger partial charge in [-0.25, -0.2) is 4.98 Å². The molecule has 102 valence electrons. The summed E-state index contributed by atoms with van der Waals surface area (Å²) in [6.07, 6.45) is 2.67. The number of fused-ring (bicyclic) bond motifs is 1. The summed E-state index contributed by atoms with van der Waals surface area (Å²) >= 11 is 1.61. The van der Waals surface area contributed by atoms with Crippen molar-refractivity contribution in [3.63, 3.8) is 0 Å². The Balaban J connectivity index is 1.52. The molecule has 5 heteroatoms. The first-order chi connectivity index (χ1) is 9.81. The largest absolute Gasteiger partial charge is 0.469 e. The van der Waals surface area contributed by atoms with Gasteiger partial charge >= 0.3 is 0 Å². The second-order valence-corrected chi connectivity index (χ2v) is 5.55. The predicted molar refractivity (Wildman–Crippen MR) is 78.5 cm³/mol. The topological polar surface area (TPSA) is 55.1 Å². The third-order valence-corrected chi connectivity index (χ3v) is 3.99. The maximum absolute atomic E-state index is 11.8. The van der Waals surface area contributed by atoms with Gasteiger partial charge in [0.25, 0.3) is 0 Å². The fraction of sp³-hybridized carbons (Fsp3) is 0.200. The number of nitrogens with zero attached hydrogens (tertiary/aromatic N) is 1. The summed E-state index contributed by atoms with van der Waals surface area (Å²) < 4.78 is 6.34. The van der Waals surface area contributed by atoms with Gasteiger partial charge in [0, 0.05) is 12.8 Å². The molecule has 0 atom stereocenters. The van der Waals surface area contributed by atoms with Crippen LogP contribution < -0.4 is 5.32 Å². The third kappa shape index (κ3) is 3.05. The number of rotatable bonds is 5. The molecule has 0 spiro atoms. The summed E-state index contributed by atoms with van der Waals surface area (Å²) in [6.45, 7) is 0.482. The van der Waals surface area contributed by atoms with Gasteiger partial charge in [-0.15, -0.1) is 11.3 Å². The van der Waals surface area contributed by atoms with Crippen LogP contribution in [0.4, 0.5) is 0 Å². The first-order valence-electron chi connectivity index (χ1n) is 6.45. The maximum atomic E-state index is 11.8. The number of para-hydroxylation sites is 1. The molecule has 3 aromatic rings. The summed E-state index contributed by atoms with van der Waals surface area (Å²) in [5.74, 6) is 0.848. The lowest BCUT2D eigenvalue weighted by Gasteiger charge is -2.01. The molecule has 1 amide bonds. The van der Waals surface area contributed by atoms with E-state index in [1.165, 1.54) is 0 Å². The number of aromatic nitrogens is 1. The van der Waals surface area contributed by atoms with Crippen LogP contribution in [0.3, 0.4) is 0 Å². The van der Waals surface area contributed by atoms with Gasteiger partial charge in [-0.2, -0.15) is 0 Å². The van der Waals surface area contributed by atoms with Crippen molar-refractivity contribution in [1.82, 2.24) is 10.3 Å². The number of thiazole rings is 1. The fourth-order valence-electron chi connectivity index (χ4n) is 1.95. The zero-order chi connectivity index (χ0) is 13.8. The highest BCUT2D eigenvalue weighted by atomic mass is 32.1. The van der Waals surface area contributed by atoms with E-state index in [0.717, 1.165) is 21.0 Å². The van der Waals surface area contributed by atoms with Crippen molar-refractivity contribution < 1.29 is 9.21 Å². The molecule has 0 saturated carbocycles. The Kier molecular flexibility index (Phi) is 3.78. The minimum absolute atomic E-state index is 0.0145. The number of hydrogen-bond acceptors (Lipinski definition) is 4. The van der Waals surface area contributed by atoms with Crippen molar-refractivity contribution in [3.8, 4) is 0 Å². The van der Waals surface area contributed by atoms with Crippen LogP contribution in [0, 0.1) is 0 Å². The zero-order valence-corrected chi connectivity index (χ0v) is 11.7. The standard InChI is InChI=1S/C15H14N2O2S/c18-14(8-7-11-4-3-9-19-11)16-10-15-17-12-5-1-2-6-13(12)20-15/h1-6,9H,7-8,10H2,(H,16,18). The van der Waals surface area contributed by atoms with E-state index in [1.54, 1.807) is 17.6 Å². The van der Waals surface area contributed by atoms with E-state index in [4.69, 9.17) is 4.42 Å². The van der Waals surface area contributed by atoms with Crippen LogP contribution >= 0.6 is 11.3 Å². The van der Waals surface area contributed by atoms with Crippen LogP contribution in [-0.4, -0.2) is 10.9 Å². The van der Waals surface area contributed by atoms with Crippen LogP contribution in [0.5, 0.6) is 0 Å². The molecule has 0 radical (unpaired) electrons. The monoisotopic (exact) mass is 286 g/mol. The van der Waals surface area contributed by atoms with Gasteiger partial charge in [0.05, 0.1) is 23.0 Å². The normalized spacial score (nSPS) is 10.8. The van der Waals surface area contributed by atoms with E-state index in [9.17, 15) is 4.79 Å². The van der Waals surface area contributed by atoms with Crippen molar-refractivity contribution in [2.45, 2.75) is 19.4 Å². The molecular formula is C15H14N2O2S. The number of furan rings is 1. The molecule has 0 fully saturated rings. The quantitative estimate of drug-likeness (QED) is 0.784. The zero-order valence-electron chi connectivity index (χ0n) is 10.8. The molecule has 0 saturated heterocycles.